The molecular weight excluding hydrogens is 315 g/mol. The van der Waals surface area contributed by atoms with E-state index in [9.17, 15) is 13.6 Å². The molecule has 7 heteroatoms. The fourth-order valence-corrected chi connectivity index (χ4v) is 2.90. The van der Waals surface area contributed by atoms with Crippen molar-refractivity contribution in [1.29, 1.82) is 0 Å². The molecule has 0 aliphatic carbocycles. The number of halogens is 2. The molecule has 0 aromatic heterocycles. The number of carbonyl (C=O) groups is 1. The fraction of sp³-hybridized carbons (Fsp3) is 0.588. The lowest BCUT2D eigenvalue weighted by molar-refractivity contribution is 0.00578. The van der Waals surface area contributed by atoms with Crippen molar-refractivity contribution in [3.8, 4) is 0 Å². The van der Waals surface area contributed by atoms with Gasteiger partial charge in [-0.25, -0.2) is 8.78 Å². The number of nitrogens with zero attached hydrogens (tertiary/aromatic N) is 1. The lowest BCUT2D eigenvalue weighted by Crippen LogP contribution is -2.41. The Hall–Kier alpha value is -1.47. The van der Waals surface area contributed by atoms with Crippen LogP contribution in [0.5, 0.6) is 0 Å². The molecule has 2 aliphatic heterocycles. The van der Waals surface area contributed by atoms with Crippen LogP contribution in [0.2, 0.25) is 0 Å². The second kappa shape index (κ2) is 5.81. The molecule has 24 heavy (non-hydrogen) atoms. The van der Waals surface area contributed by atoms with Gasteiger partial charge in [0.05, 0.1) is 23.3 Å². The van der Waals surface area contributed by atoms with Gasteiger partial charge < -0.3 is 14.2 Å². The van der Waals surface area contributed by atoms with E-state index in [1.165, 1.54) is 17.0 Å². The molecule has 1 atom stereocenters. The molecule has 4 nitrogen and oxygen atoms in total. The van der Waals surface area contributed by atoms with E-state index in [0.29, 0.717) is 18.4 Å². The summed E-state index contributed by atoms with van der Waals surface area (Å²) in [5.41, 5.74) is -0.570. The van der Waals surface area contributed by atoms with Gasteiger partial charge in [-0.15, -0.1) is 0 Å². The number of likely N-dealkylation sites (tertiary alicyclic amines) is 1. The van der Waals surface area contributed by atoms with Gasteiger partial charge in [0.1, 0.15) is 12.0 Å². The third kappa shape index (κ3) is 2.95. The van der Waals surface area contributed by atoms with Gasteiger partial charge in [0.15, 0.2) is 0 Å². The Balaban J connectivity index is 1.80. The average molecular weight is 337 g/mol. The van der Waals surface area contributed by atoms with Crippen LogP contribution in [0.15, 0.2) is 18.2 Å². The first kappa shape index (κ1) is 17.4. The smallest absolute Gasteiger partial charge is 0.399 e. The van der Waals surface area contributed by atoms with Crippen molar-refractivity contribution in [1.82, 2.24) is 4.90 Å². The lowest BCUT2D eigenvalue weighted by Gasteiger charge is -2.32. The zero-order chi connectivity index (χ0) is 17.7. The summed E-state index contributed by atoms with van der Waals surface area (Å²) in [6.07, 6.45) is -0.722. The number of amides is 1. The topological polar surface area (TPSA) is 38.8 Å². The van der Waals surface area contributed by atoms with Crippen molar-refractivity contribution in [3.63, 3.8) is 0 Å². The molecule has 0 saturated carbocycles. The van der Waals surface area contributed by atoms with E-state index in [4.69, 9.17) is 9.31 Å². The first-order valence-electron chi connectivity index (χ1n) is 8.19. The van der Waals surface area contributed by atoms with Crippen molar-refractivity contribution in [2.45, 2.75) is 51.5 Å². The Labute approximate surface area is 141 Å². The minimum Gasteiger partial charge on any atom is -0.399 e. The van der Waals surface area contributed by atoms with Crippen LogP contribution in [0.25, 0.3) is 0 Å². The summed E-state index contributed by atoms with van der Waals surface area (Å²) >= 11 is 0. The normalized spacial score (nSPS) is 25.3. The third-order valence-electron chi connectivity index (χ3n) is 5.17. The van der Waals surface area contributed by atoms with Crippen LogP contribution in [-0.2, 0) is 9.31 Å². The Morgan fingerprint density at radius 3 is 2.38 bits per heavy atom. The maximum Gasteiger partial charge on any atom is 0.494 e. The van der Waals surface area contributed by atoms with Gasteiger partial charge >= 0.3 is 7.12 Å². The number of rotatable bonds is 2. The second-order valence-corrected chi connectivity index (χ2v) is 7.46. The monoisotopic (exact) mass is 337 g/mol. The molecule has 1 unspecified atom stereocenters. The summed E-state index contributed by atoms with van der Waals surface area (Å²) < 4.78 is 39.5. The summed E-state index contributed by atoms with van der Waals surface area (Å²) in [4.78, 5) is 13.7. The third-order valence-corrected chi connectivity index (χ3v) is 5.17. The molecule has 3 rings (SSSR count). The first-order chi connectivity index (χ1) is 11.1. The molecule has 2 saturated heterocycles. The van der Waals surface area contributed by atoms with E-state index in [2.05, 4.69) is 0 Å². The minimum absolute atomic E-state index is 0.0251. The predicted octanol–water partition coefficient (Wildman–Crippen LogP) is 2.31. The maximum atomic E-state index is 14.4. The van der Waals surface area contributed by atoms with Crippen LogP contribution in [-0.4, -0.2) is 48.4 Å². The summed E-state index contributed by atoms with van der Waals surface area (Å²) in [5, 5.41) is 0. The molecule has 1 amide bonds. The number of hydrogen-bond acceptors (Lipinski definition) is 3. The van der Waals surface area contributed by atoms with Crippen molar-refractivity contribution in [3.05, 3.63) is 29.6 Å². The Morgan fingerprint density at radius 1 is 1.25 bits per heavy atom. The summed E-state index contributed by atoms with van der Waals surface area (Å²) in [6.45, 7) is 8.02. The van der Waals surface area contributed by atoms with E-state index in [-0.39, 0.29) is 12.1 Å². The Morgan fingerprint density at radius 2 is 1.88 bits per heavy atom. The molecular formula is C17H22BF2NO3. The molecule has 2 heterocycles. The first-order valence-corrected chi connectivity index (χ1v) is 8.19. The quantitative estimate of drug-likeness (QED) is 0.778. The molecule has 2 aliphatic rings. The fourth-order valence-electron chi connectivity index (χ4n) is 2.90. The van der Waals surface area contributed by atoms with Crippen LogP contribution < -0.4 is 5.46 Å². The van der Waals surface area contributed by atoms with E-state index in [0.717, 1.165) is 0 Å². The standard InChI is InChI=1S/C17H22BF2NO3/c1-16(2)17(3,4)24-18(23-16)11-5-6-13(14(20)9-11)15(22)21-8-7-12(19)10-21/h5-6,9,12H,7-8,10H2,1-4H3. The van der Waals surface area contributed by atoms with Gasteiger partial charge in [0, 0.05) is 6.54 Å². The summed E-state index contributed by atoms with van der Waals surface area (Å²) in [5.74, 6) is -1.12. The lowest BCUT2D eigenvalue weighted by atomic mass is 9.78. The second-order valence-electron chi connectivity index (χ2n) is 7.46. The SMILES string of the molecule is CC1(C)OB(c2ccc(C(=O)N3CCC(F)C3)c(F)c2)OC1(C)C. The van der Waals surface area contributed by atoms with Crippen molar-refractivity contribution >= 4 is 18.5 Å². The summed E-state index contributed by atoms with van der Waals surface area (Å²) in [6, 6.07) is 4.31. The van der Waals surface area contributed by atoms with Crippen LogP contribution in [0.4, 0.5) is 8.78 Å². The molecule has 0 N–H and O–H groups in total. The van der Waals surface area contributed by atoms with Gasteiger partial charge in [0.25, 0.3) is 5.91 Å². The highest BCUT2D eigenvalue weighted by atomic mass is 19.1. The highest BCUT2D eigenvalue weighted by Gasteiger charge is 2.51. The predicted molar refractivity (Wildman–Crippen MR) is 87.5 cm³/mol. The molecule has 130 valence electrons. The van der Waals surface area contributed by atoms with Crippen LogP contribution >= 0.6 is 0 Å². The number of benzene rings is 1. The van der Waals surface area contributed by atoms with E-state index in [1.54, 1.807) is 6.07 Å². The number of carbonyl (C=O) groups excluding carboxylic acids is 1. The molecule has 1 aromatic carbocycles. The minimum atomic E-state index is -1.03. The van der Waals surface area contributed by atoms with Gasteiger partial charge in [-0.2, -0.15) is 0 Å². The van der Waals surface area contributed by atoms with Crippen LogP contribution in [0, 0.1) is 5.82 Å². The largest absolute Gasteiger partial charge is 0.494 e. The van der Waals surface area contributed by atoms with E-state index >= 15 is 0 Å². The van der Waals surface area contributed by atoms with Crippen LogP contribution in [0.3, 0.4) is 0 Å². The molecule has 0 radical (unpaired) electrons. The Kier molecular flexibility index (Phi) is 4.20. The number of hydrogen-bond donors (Lipinski definition) is 0. The van der Waals surface area contributed by atoms with Crippen LogP contribution in [0.1, 0.15) is 44.5 Å². The van der Waals surface area contributed by atoms with Gasteiger partial charge in [-0.3, -0.25) is 4.79 Å². The van der Waals surface area contributed by atoms with E-state index in [1.807, 2.05) is 27.7 Å². The molecule has 1 aromatic rings. The zero-order valence-corrected chi connectivity index (χ0v) is 14.4. The van der Waals surface area contributed by atoms with Crippen molar-refractivity contribution < 1.29 is 22.9 Å². The van der Waals surface area contributed by atoms with Crippen molar-refractivity contribution in [2.24, 2.45) is 0 Å². The Bertz CT molecular complexity index is 649. The summed E-state index contributed by atoms with van der Waals surface area (Å²) in [7, 11) is -0.685. The maximum absolute atomic E-state index is 14.4. The van der Waals surface area contributed by atoms with Gasteiger partial charge in [-0.05, 0) is 51.7 Å². The molecule has 0 bridgehead atoms. The highest BCUT2D eigenvalue weighted by Crippen LogP contribution is 2.36. The molecule has 0 spiro atoms. The van der Waals surface area contributed by atoms with E-state index < -0.39 is 36.2 Å². The highest BCUT2D eigenvalue weighted by molar-refractivity contribution is 6.62. The zero-order valence-electron chi connectivity index (χ0n) is 14.4. The number of alkyl halides is 1. The van der Waals surface area contributed by atoms with Gasteiger partial charge in [-0.1, -0.05) is 6.07 Å². The van der Waals surface area contributed by atoms with Crippen molar-refractivity contribution in [2.75, 3.05) is 13.1 Å². The van der Waals surface area contributed by atoms with Gasteiger partial charge in [0.2, 0.25) is 0 Å². The molecule has 2 fully saturated rings. The average Bonchev–Trinajstić information content (AvgIpc) is 3.00.